The Morgan fingerprint density at radius 2 is 1.65 bits per heavy atom. The van der Waals surface area contributed by atoms with E-state index in [1.54, 1.807) is 0 Å². The molecule has 1 heterocycles. The Kier molecular flexibility index (Phi) is 5.67. The molecule has 1 rings (SSSR count). The molecular formula is C16H23F3N2OSi. The fraction of sp³-hybridized carbons (Fsp3) is 0.625. The molecular weight excluding hydrogens is 321 g/mol. The van der Waals surface area contributed by atoms with Crippen molar-refractivity contribution in [3.63, 3.8) is 0 Å². The third-order valence-corrected chi connectivity index (χ3v) is 5.83. The molecule has 1 aromatic rings. The van der Waals surface area contributed by atoms with Crippen molar-refractivity contribution < 1.29 is 18.0 Å². The summed E-state index contributed by atoms with van der Waals surface area (Å²) in [5, 5.41) is 0. The van der Waals surface area contributed by atoms with Crippen LogP contribution in [0, 0.1) is 10.8 Å². The molecule has 0 atom stereocenters. The van der Waals surface area contributed by atoms with Crippen LogP contribution >= 0.6 is 0 Å². The van der Waals surface area contributed by atoms with E-state index in [1.165, 1.54) is 0 Å². The number of aromatic nitrogens is 1. The summed E-state index contributed by atoms with van der Waals surface area (Å²) in [6.45, 7) is 12.4. The first-order valence-electron chi connectivity index (χ1n) is 7.31. The normalized spacial score (nSPS) is 13.3. The van der Waals surface area contributed by atoms with E-state index in [0.29, 0.717) is 0 Å². The first kappa shape index (κ1) is 19.7. The van der Waals surface area contributed by atoms with Gasteiger partial charge >= 0.3 is 6.18 Å². The predicted octanol–water partition coefficient (Wildman–Crippen LogP) is 4.33. The third-order valence-electron chi connectivity index (χ3n) is 3.43. The Balaban J connectivity index is 2.98. The van der Waals surface area contributed by atoms with Crippen molar-refractivity contribution in [2.75, 3.05) is 0 Å². The number of carbonyl (C=O) groups is 1. The number of amides is 1. The highest BCUT2D eigenvalue weighted by Gasteiger charge is 2.38. The van der Waals surface area contributed by atoms with Crippen LogP contribution in [-0.4, -0.2) is 20.6 Å². The van der Waals surface area contributed by atoms with Crippen LogP contribution in [0.4, 0.5) is 13.2 Å². The standard InChI is InChI=1S/C16H23F3N2OSi/c1-14(2,3)13(15(4,5)6)23-21-12(22)10-9-20-8-7-11(10)16(17,18)19/h7-9,13H,1-6H3,(H,21,22). The van der Waals surface area contributed by atoms with E-state index >= 15 is 0 Å². The van der Waals surface area contributed by atoms with Gasteiger partial charge in [-0.25, -0.2) is 0 Å². The molecule has 1 N–H and O–H groups in total. The van der Waals surface area contributed by atoms with Crippen molar-refractivity contribution in [1.82, 2.24) is 9.97 Å². The molecule has 0 saturated carbocycles. The molecule has 0 fully saturated rings. The highest BCUT2D eigenvalue weighted by atomic mass is 28.2. The maximum atomic E-state index is 13.0. The van der Waals surface area contributed by atoms with Crippen molar-refractivity contribution >= 4 is 15.6 Å². The minimum atomic E-state index is -4.58. The molecule has 0 spiro atoms. The molecule has 1 aromatic heterocycles. The van der Waals surface area contributed by atoms with Gasteiger partial charge in [0, 0.05) is 12.4 Å². The van der Waals surface area contributed by atoms with Gasteiger partial charge in [-0.2, -0.15) is 13.2 Å². The van der Waals surface area contributed by atoms with Crippen molar-refractivity contribution in [3.8, 4) is 0 Å². The summed E-state index contributed by atoms with van der Waals surface area (Å²) in [7, 11) is 0.0171. The lowest BCUT2D eigenvalue weighted by atomic mass is 9.77. The van der Waals surface area contributed by atoms with Gasteiger partial charge in [0.1, 0.15) is 0 Å². The second-order valence-electron chi connectivity index (χ2n) is 7.68. The molecule has 0 bridgehead atoms. The molecule has 0 unspecified atom stereocenters. The Bertz CT molecular complexity index is 546. The lowest BCUT2D eigenvalue weighted by molar-refractivity contribution is -0.138. The van der Waals surface area contributed by atoms with Crippen LogP contribution in [0.3, 0.4) is 0 Å². The number of nitrogens with zero attached hydrogens (tertiary/aromatic N) is 1. The SMILES string of the molecule is CC(C)(C)C([Si]NC(=O)c1cnccc1C(F)(F)F)C(C)(C)C. The molecule has 7 heteroatoms. The van der Waals surface area contributed by atoms with Crippen molar-refractivity contribution in [3.05, 3.63) is 29.6 Å². The second kappa shape index (κ2) is 6.63. The number of carbonyl (C=O) groups excluding carboxylic acids is 1. The average molecular weight is 344 g/mol. The summed E-state index contributed by atoms with van der Waals surface area (Å²) in [5.41, 5.74) is -1.42. The van der Waals surface area contributed by atoms with Gasteiger partial charge < -0.3 is 4.98 Å². The summed E-state index contributed by atoms with van der Waals surface area (Å²) in [6, 6.07) is 0.822. The van der Waals surface area contributed by atoms with Crippen LogP contribution in [0.2, 0.25) is 5.54 Å². The topological polar surface area (TPSA) is 42.0 Å². The molecule has 2 radical (unpaired) electrons. The van der Waals surface area contributed by atoms with Crippen molar-refractivity contribution in [2.24, 2.45) is 10.8 Å². The third kappa shape index (κ3) is 5.33. The number of nitrogens with one attached hydrogen (secondary N) is 1. The molecule has 0 aromatic carbocycles. The smallest absolute Gasteiger partial charge is 0.378 e. The zero-order valence-corrected chi connectivity index (χ0v) is 15.3. The Hall–Kier alpha value is -1.37. The average Bonchev–Trinajstić information content (AvgIpc) is 2.34. The number of hydrogen-bond donors (Lipinski definition) is 1. The molecule has 0 saturated heterocycles. The van der Waals surface area contributed by atoms with Crippen LogP contribution in [0.15, 0.2) is 18.5 Å². The zero-order chi connectivity index (χ0) is 18.1. The Morgan fingerprint density at radius 1 is 1.13 bits per heavy atom. The highest BCUT2D eigenvalue weighted by Crippen LogP contribution is 2.43. The van der Waals surface area contributed by atoms with E-state index in [0.717, 1.165) is 18.5 Å². The van der Waals surface area contributed by atoms with E-state index in [1.807, 2.05) is 0 Å². The first-order chi connectivity index (χ1) is 10.2. The van der Waals surface area contributed by atoms with Gasteiger partial charge in [-0.05, 0) is 22.4 Å². The van der Waals surface area contributed by atoms with E-state index < -0.39 is 23.2 Å². The second-order valence-corrected chi connectivity index (χ2v) is 8.80. The molecule has 23 heavy (non-hydrogen) atoms. The fourth-order valence-electron chi connectivity index (χ4n) is 2.76. The largest absolute Gasteiger partial charge is 0.417 e. The minimum absolute atomic E-state index is 0.0171. The van der Waals surface area contributed by atoms with E-state index in [2.05, 4.69) is 51.5 Å². The summed E-state index contributed by atoms with van der Waals surface area (Å²) >= 11 is 0. The number of alkyl halides is 3. The molecule has 3 nitrogen and oxygen atoms in total. The van der Waals surface area contributed by atoms with Gasteiger partial charge in [0.15, 0.2) is 9.68 Å². The lowest BCUT2D eigenvalue weighted by Gasteiger charge is -2.40. The number of halogens is 3. The van der Waals surface area contributed by atoms with Crippen LogP contribution in [0.5, 0.6) is 0 Å². The van der Waals surface area contributed by atoms with E-state index in [9.17, 15) is 18.0 Å². The maximum Gasteiger partial charge on any atom is 0.417 e. The van der Waals surface area contributed by atoms with E-state index in [-0.39, 0.29) is 26.1 Å². The quantitative estimate of drug-likeness (QED) is 0.829. The van der Waals surface area contributed by atoms with Crippen molar-refractivity contribution in [2.45, 2.75) is 53.3 Å². The van der Waals surface area contributed by atoms with Gasteiger partial charge in [-0.1, -0.05) is 41.5 Å². The van der Waals surface area contributed by atoms with Crippen LogP contribution in [0.25, 0.3) is 0 Å². The summed E-state index contributed by atoms with van der Waals surface area (Å²) in [4.78, 5) is 18.5. The summed E-state index contributed by atoms with van der Waals surface area (Å²) < 4.78 is 38.9. The molecule has 128 valence electrons. The molecule has 0 aliphatic carbocycles. The lowest BCUT2D eigenvalue weighted by Crippen LogP contribution is -2.41. The van der Waals surface area contributed by atoms with Gasteiger partial charge in [0.25, 0.3) is 0 Å². The van der Waals surface area contributed by atoms with Gasteiger partial charge in [-0.3, -0.25) is 9.78 Å². The number of hydrogen-bond acceptors (Lipinski definition) is 2. The first-order valence-corrected chi connectivity index (χ1v) is 8.39. The number of pyridine rings is 1. The number of rotatable bonds is 3. The summed E-state index contributed by atoms with van der Waals surface area (Å²) in [6.07, 6.45) is -2.58. The monoisotopic (exact) mass is 344 g/mol. The maximum absolute atomic E-state index is 13.0. The predicted molar refractivity (Wildman–Crippen MR) is 85.1 cm³/mol. The van der Waals surface area contributed by atoms with E-state index in [4.69, 9.17) is 0 Å². The fourth-order valence-corrected chi connectivity index (χ4v) is 4.04. The van der Waals surface area contributed by atoms with Gasteiger partial charge in [0.05, 0.1) is 11.1 Å². The van der Waals surface area contributed by atoms with Crippen LogP contribution in [-0.2, 0) is 6.18 Å². The van der Waals surface area contributed by atoms with Crippen LogP contribution in [0.1, 0.15) is 57.5 Å². The van der Waals surface area contributed by atoms with Crippen LogP contribution < -0.4 is 4.98 Å². The zero-order valence-electron chi connectivity index (χ0n) is 14.3. The minimum Gasteiger partial charge on any atom is -0.378 e. The summed E-state index contributed by atoms with van der Waals surface area (Å²) in [5.74, 6) is -0.734. The highest BCUT2D eigenvalue weighted by molar-refractivity contribution is 6.40. The molecule has 1 amide bonds. The Morgan fingerprint density at radius 3 is 2.09 bits per heavy atom. The van der Waals surface area contributed by atoms with Gasteiger partial charge in [-0.15, -0.1) is 0 Å². The molecule has 0 aliphatic heterocycles. The Labute approximate surface area is 138 Å². The van der Waals surface area contributed by atoms with Crippen molar-refractivity contribution in [1.29, 1.82) is 0 Å². The van der Waals surface area contributed by atoms with Gasteiger partial charge in [0.2, 0.25) is 5.91 Å². The molecule has 0 aliphatic rings.